The molecule has 7 heteroatoms. The van der Waals surface area contributed by atoms with E-state index >= 15 is 0 Å². The fourth-order valence-electron chi connectivity index (χ4n) is 2.61. The molecule has 24 heavy (non-hydrogen) atoms. The third kappa shape index (κ3) is 2.52. The highest BCUT2D eigenvalue weighted by atomic mass is 35.5. The highest BCUT2D eigenvalue weighted by Crippen LogP contribution is 2.32. The number of fused-ring (bicyclic) bond motifs is 1. The van der Waals surface area contributed by atoms with Gasteiger partial charge in [0.05, 0.1) is 10.4 Å². The highest BCUT2D eigenvalue weighted by molar-refractivity contribution is 7.18. The summed E-state index contributed by atoms with van der Waals surface area (Å²) in [4.78, 5) is 30.7. The number of nitrogens with zero attached hydrogens (tertiary/aromatic N) is 2. The van der Waals surface area contributed by atoms with Gasteiger partial charge < -0.3 is 5.11 Å². The second kappa shape index (κ2) is 6.03. The van der Waals surface area contributed by atoms with E-state index in [-0.39, 0.29) is 11.4 Å². The Morgan fingerprint density at radius 2 is 2.00 bits per heavy atom. The van der Waals surface area contributed by atoms with Gasteiger partial charge in [0.25, 0.3) is 5.56 Å². The van der Waals surface area contributed by atoms with Gasteiger partial charge in [-0.05, 0) is 38.5 Å². The van der Waals surface area contributed by atoms with E-state index in [2.05, 4.69) is 4.98 Å². The molecule has 5 nitrogen and oxygen atoms in total. The fraction of sp³-hybridized carbons (Fsp3) is 0.235. The van der Waals surface area contributed by atoms with Crippen molar-refractivity contribution in [1.82, 2.24) is 9.55 Å². The number of rotatable bonds is 3. The molecule has 2 aromatic heterocycles. The van der Waals surface area contributed by atoms with E-state index in [0.717, 1.165) is 10.4 Å². The van der Waals surface area contributed by atoms with Crippen molar-refractivity contribution in [2.75, 3.05) is 0 Å². The number of benzene rings is 1. The molecule has 1 unspecified atom stereocenters. The first-order valence-electron chi connectivity index (χ1n) is 7.33. The molecule has 0 fully saturated rings. The lowest BCUT2D eigenvalue weighted by Crippen LogP contribution is -2.30. The lowest BCUT2D eigenvalue weighted by Gasteiger charge is -2.17. The number of aryl methyl sites for hydroxylation is 2. The fourth-order valence-corrected chi connectivity index (χ4v) is 3.85. The molecular weight excluding hydrogens is 348 g/mol. The Labute approximate surface area is 147 Å². The summed E-state index contributed by atoms with van der Waals surface area (Å²) in [5, 5.41) is 10.3. The number of carboxylic acids is 1. The molecule has 0 aliphatic carbocycles. The van der Waals surface area contributed by atoms with Gasteiger partial charge in [-0.2, -0.15) is 0 Å². The van der Waals surface area contributed by atoms with Crippen molar-refractivity contribution >= 4 is 39.1 Å². The summed E-state index contributed by atoms with van der Waals surface area (Å²) >= 11 is 7.68. The first-order valence-corrected chi connectivity index (χ1v) is 8.52. The molecule has 3 aromatic rings. The van der Waals surface area contributed by atoms with Gasteiger partial charge in [-0.25, -0.2) is 9.78 Å². The Morgan fingerprint density at radius 1 is 1.33 bits per heavy atom. The minimum absolute atomic E-state index is 0.272. The summed E-state index contributed by atoms with van der Waals surface area (Å²) < 4.78 is 1.21. The van der Waals surface area contributed by atoms with E-state index in [0.29, 0.717) is 20.8 Å². The molecule has 0 spiro atoms. The first-order chi connectivity index (χ1) is 11.3. The van der Waals surface area contributed by atoms with Gasteiger partial charge in [0.1, 0.15) is 16.7 Å². The summed E-state index contributed by atoms with van der Waals surface area (Å²) in [6.07, 6.45) is 0. The smallest absolute Gasteiger partial charge is 0.326 e. The maximum atomic E-state index is 13.0. The average Bonchev–Trinajstić information content (AvgIpc) is 2.82. The maximum Gasteiger partial charge on any atom is 0.326 e. The molecule has 0 amide bonds. The van der Waals surface area contributed by atoms with Gasteiger partial charge in [0, 0.05) is 10.4 Å². The molecule has 0 saturated heterocycles. The molecule has 1 atom stereocenters. The van der Waals surface area contributed by atoms with Crippen molar-refractivity contribution in [1.29, 1.82) is 0 Å². The Bertz CT molecular complexity index is 1020. The molecule has 0 bridgehead atoms. The van der Waals surface area contributed by atoms with Crippen molar-refractivity contribution in [3.05, 3.63) is 50.1 Å². The minimum Gasteiger partial charge on any atom is -0.480 e. The van der Waals surface area contributed by atoms with E-state index in [9.17, 15) is 14.7 Å². The SMILES string of the molecule is Cc1sc2nc(-c3ccccc3Cl)n(C(C)C(=O)O)c(=O)c2c1C. The summed E-state index contributed by atoms with van der Waals surface area (Å²) in [7, 11) is 0. The van der Waals surface area contributed by atoms with E-state index in [1.165, 1.54) is 22.8 Å². The van der Waals surface area contributed by atoms with Crippen LogP contribution in [0.3, 0.4) is 0 Å². The van der Waals surface area contributed by atoms with Crippen LogP contribution in [0.1, 0.15) is 23.4 Å². The largest absolute Gasteiger partial charge is 0.480 e. The highest BCUT2D eigenvalue weighted by Gasteiger charge is 2.24. The predicted molar refractivity (Wildman–Crippen MR) is 96.1 cm³/mol. The first kappa shape index (κ1) is 16.7. The Morgan fingerprint density at radius 3 is 2.62 bits per heavy atom. The zero-order valence-electron chi connectivity index (χ0n) is 13.3. The third-order valence-corrected chi connectivity index (χ3v) is 5.53. The average molecular weight is 363 g/mol. The molecule has 1 aromatic carbocycles. The molecule has 0 saturated carbocycles. The zero-order valence-corrected chi connectivity index (χ0v) is 14.9. The van der Waals surface area contributed by atoms with Crippen LogP contribution < -0.4 is 5.56 Å². The van der Waals surface area contributed by atoms with E-state index < -0.39 is 12.0 Å². The molecule has 2 heterocycles. The Balaban J connectivity index is 2.48. The number of halogens is 1. The maximum absolute atomic E-state index is 13.0. The van der Waals surface area contributed by atoms with Gasteiger partial charge in [0.15, 0.2) is 0 Å². The van der Waals surface area contributed by atoms with Crippen LogP contribution in [0.4, 0.5) is 0 Å². The molecule has 124 valence electrons. The number of thiophene rings is 1. The molecule has 0 radical (unpaired) electrons. The lowest BCUT2D eigenvalue weighted by atomic mass is 10.1. The predicted octanol–water partition coefficient (Wildman–Crippen LogP) is 4.04. The second-order valence-corrected chi connectivity index (χ2v) is 7.18. The van der Waals surface area contributed by atoms with Crippen LogP contribution in [0, 0.1) is 13.8 Å². The number of carbonyl (C=O) groups is 1. The van der Waals surface area contributed by atoms with Gasteiger partial charge in [-0.3, -0.25) is 9.36 Å². The topological polar surface area (TPSA) is 72.2 Å². The lowest BCUT2D eigenvalue weighted by molar-refractivity contribution is -0.140. The monoisotopic (exact) mass is 362 g/mol. The second-order valence-electron chi connectivity index (χ2n) is 5.57. The summed E-state index contributed by atoms with van der Waals surface area (Å²) in [5.74, 6) is -0.828. The van der Waals surface area contributed by atoms with Gasteiger partial charge in [-0.15, -0.1) is 11.3 Å². The van der Waals surface area contributed by atoms with Crippen LogP contribution in [0.5, 0.6) is 0 Å². The van der Waals surface area contributed by atoms with E-state index in [1.54, 1.807) is 24.3 Å². The number of aromatic nitrogens is 2. The molecule has 1 N–H and O–H groups in total. The van der Waals surface area contributed by atoms with Crippen molar-refractivity contribution in [3.8, 4) is 11.4 Å². The number of aliphatic carboxylic acids is 1. The number of carboxylic acid groups (broad SMARTS) is 1. The molecule has 0 aliphatic rings. The van der Waals surface area contributed by atoms with Gasteiger partial charge >= 0.3 is 5.97 Å². The molecular formula is C17H15ClN2O3S. The van der Waals surface area contributed by atoms with E-state index in [1.807, 2.05) is 13.8 Å². The van der Waals surface area contributed by atoms with Crippen LogP contribution >= 0.6 is 22.9 Å². The molecule has 0 aliphatic heterocycles. The van der Waals surface area contributed by atoms with Crippen LogP contribution in [0.2, 0.25) is 5.02 Å². The third-order valence-electron chi connectivity index (χ3n) is 4.09. The van der Waals surface area contributed by atoms with E-state index in [4.69, 9.17) is 11.6 Å². The van der Waals surface area contributed by atoms with Crippen LogP contribution in [-0.2, 0) is 4.79 Å². The normalized spacial score (nSPS) is 12.5. The van der Waals surface area contributed by atoms with Crippen molar-refractivity contribution < 1.29 is 9.90 Å². The van der Waals surface area contributed by atoms with Crippen molar-refractivity contribution in [2.45, 2.75) is 26.8 Å². The van der Waals surface area contributed by atoms with Crippen LogP contribution in [0.25, 0.3) is 21.6 Å². The summed E-state index contributed by atoms with van der Waals surface area (Å²) in [6.45, 7) is 5.23. The number of hydrogen-bond acceptors (Lipinski definition) is 4. The zero-order chi connectivity index (χ0) is 17.6. The molecule has 3 rings (SSSR count). The van der Waals surface area contributed by atoms with Crippen LogP contribution in [-0.4, -0.2) is 20.6 Å². The van der Waals surface area contributed by atoms with Crippen molar-refractivity contribution in [3.63, 3.8) is 0 Å². The summed E-state index contributed by atoms with van der Waals surface area (Å²) in [6, 6.07) is 5.91. The standard InChI is InChI=1S/C17H15ClN2O3S/c1-8-10(3)24-15-13(8)16(21)20(9(2)17(22)23)14(19-15)11-6-4-5-7-12(11)18/h4-7,9H,1-3H3,(H,22,23). The number of hydrogen-bond donors (Lipinski definition) is 1. The summed E-state index contributed by atoms with van der Waals surface area (Å²) in [5.41, 5.74) is 1.02. The Kier molecular flexibility index (Phi) is 4.19. The minimum atomic E-state index is -1.10. The van der Waals surface area contributed by atoms with Crippen molar-refractivity contribution in [2.24, 2.45) is 0 Å². The quantitative estimate of drug-likeness (QED) is 0.763. The van der Waals surface area contributed by atoms with Gasteiger partial charge in [-0.1, -0.05) is 23.7 Å². The van der Waals surface area contributed by atoms with Gasteiger partial charge in [0.2, 0.25) is 0 Å². The van der Waals surface area contributed by atoms with Crippen LogP contribution in [0.15, 0.2) is 29.1 Å². The Hall–Kier alpha value is -2.18.